The zero-order valence-corrected chi connectivity index (χ0v) is 33.8. The maximum Gasteiger partial charge on any atom is 0.244 e. The van der Waals surface area contributed by atoms with Gasteiger partial charge in [-0.3, -0.25) is 0 Å². The Balaban J connectivity index is 1.59. The summed E-state index contributed by atoms with van der Waals surface area (Å²) in [6.07, 6.45) is 54.5. The molecule has 0 saturated heterocycles. The summed E-state index contributed by atoms with van der Waals surface area (Å²) in [5.74, 6) is 1.14. The van der Waals surface area contributed by atoms with Gasteiger partial charge in [0.2, 0.25) is 6.17 Å². The Morgan fingerprint density at radius 3 is 1.08 bits per heavy atom. The fourth-order valence-corrected chi connectivity index (χ4v) is 8.25. The number of rotatable bonds is 38. The van der Waals surface area contributed by atoms with Gasteiger partial charge in [0, 0.05) is 0 Å². The summed E-state index contributed by atoms with van der Waals surface area (Å²) in [5, 5.41) is 0. The predicted molar refractivity (Wildman–Crippen MR) is 226 cm³/mol. The molecule has 2 nitrogen and oxygen atoms in total. The first-order valence-electron chi connectivity index (χ1n) is 22.8. The minimum absolute atomic E-state index is 0.494. The number of hydrogen-bond donors (Lipinski definition) is 0. The van der Waals surface area contributed by atoms with Gasteiger partial charge >= 0.3 is 0 Å². The third-order valence-corrected chi connectivity index (χ3v) is 11.5. The summed E-state index contributed by atoms with van der Waals surface area (Å²) in [6.45, 7) is 4.62. The van der Waals surface area contributed by atoms with Crippen LogP contribution in [0, 0.1) is 18.0 Å². The third kappa shape index (κ3) is 25.4. The Morgan fingerprint density at radius 2 is 0.720 bits per heavy atom. The van der Waals surface area contributed by atoms with Crippen LogP contribution in [-0.2, 0) is 6.42 Å². The second kappa shape index (κ2) is 34.5. The second-order valence-electron chi connectivity index (χ2n) is 16.2. The summed E-state index contributed by atoms with van der Waals surface area (Å²) in [6, 6.07) is 11.2. The average molecular weight is 690 g/mol. The molecule has 1 aromatic carbocycles. The number of nitrogens with zero attached hydrogens (tertiary/aromatic N) is 2. The van der Waals surface area contributed by atoms with Crippen molar-refractivity contribution in [2.45, 2.75) is 239 Å². The Kier molecular flexibility index (Phi) is 30.8. The van der Waals surface area contributed by atoms with E-state index in [0.29, 0.717) is 11.8 Å². The van der Waals surface area contributed by atoms with Crippen LogP contribution in [0.4, 0.5) is 0 Å². The maximum atomic E-state index is 4.78. The third-order valence-electron chi connectivity index (χ3n) is 11.5. The van der Waals surface area contributed by atoms with E-state index in [0.717, 1.165) is 12.6 Å². The van der Waals surface area contributed by atoms with Crippen LogP contribution >= 0.6 is 0 Å². The SMILES string of the molecule is CCCCCCCCCCCCCCCCCCCC(Cc1ccccc1)C(CCCCCCCCCCCCCCCCC)[C+]1N=CC=N1. The molecule has 2 atom stereocenters. The van der Waals surface area contributed by atoms with Crippen molar-refractivity contribution in [1.29, 1.82) is 0 Å². The van der Waals surface area contributed by atoms with Crippen molar-refractivity contribution < 1.29 is 0 Å². The van der Waals surface area contributed by atoms with Gasteiger partial charge in [0.05, 0.1) is 5.92 Å². The Hall–Kier alpha value is -1.57. The van der Waals surface area contributed by atoms with E-state index in [2.05, 4.69) is 44.2 Å². The molecule has 1 aromatic rings. The first-order chi connectivity index (χ1) is 24.8. The van der Waals surface area contributed by atoms with Crippen LogP contribution in [0.2, 0.25) is 0 Å². The number of unbranched alkanes of at least 4 members (excludes halogenated alkanes) is 30. The molecule has 0 aliphatic carbocycles. The average Bonchev–Trinajstić information content (AvgIpc) is 3.68. The van der Waals surface area contributed by atoms with Gasteiger partial charge in [0.1, 0.15) is 0 Å². The zero-order chi connectivity index (χ0) is 35.4. The fourth-order valence-electron chi connectivity index (χ4n) is 8.25. The number of aliphatic imine (C=N–C) groups is 2. The van der Waals surface area contributed by atoms with Gasteiger partial charge in [-0.05, 0) is 30.7 Å². The van der Waals surface area contributed by atoms with Gasteiger partial charge in [-0.1, -0.05) is 260 Å². The molecule has 1 aliphatic heterocycles. The molecule has 286 valence electrons. The Bertz CT molecular complexity index is 863. The van der Waals surface area contributed by atoms with Crippen molar-refractivity contribution in [2.24, 2.45) is 21.8 Å². The van der Waals surface area contributed by atoms with Crippen molar-refractivity contribution in [3.63, 3.8) is 0 Å². The molecule has 2 heteroatoms. The first kappa shape index (κ1) is 44.6. The highest BCUT2D eigenvalue weighted by Gasteiger charge is 2.35. The van der Waals surface area contributed by atoms with Gasteiger partial charge in [-0.15, -0.1) is 0 Å². The van der Waals surface area contributed by atoms with E-state index in [1.807, 2.05) is 12.4 Å². The lowest BCUT2D eigenvalue weighted by molar-refractivity contribution is 0.284. The van der Waals surface area contributed by atoms with E-state index in [1.165, 1.54) is 224 Å². The van der Waals surface area contributed by atoms with Crippen LogP contribution in [0.5, 0.6) is 0 Å². The summed E-state index contributed by atoms with van der Waals surface area (Å²) in [5.41, 5.74) is 1.48. The minimum Gasteiger partial charge on any atom is -0.0965 e. The fraction of sp³-hybridized carbons (Fsp3) is 0.812. The summed E-state index contributed by atoms with van der Waals surface area (Å²) in [4.78, 5) is 9.57. The van der Waals surface area contributed by atoms with E-state index < -0.39 is 0 Å². The van der Waals surface area contributed by atoms with Crippen LogP contribution in [0.1, 0.15) is 238 Å². The van der Waals surface area contributed by atoms with E-state index >= 15 is 0 Å². The molecule has 0 N–H and O–H groups in total. The van der Waals surface area contributed by atoms with Crippen LogP contribution in [-0.4, -0.2) is 12.4 Å². The first-order valence-corrected chi connectivity index (χ1v) is 22.8. The molecular weight excluding hydrogens is 605 g/mol. The summed E-state index contributed by atoms with van der Waals surface area (Å²) in [7, 11) is 0. The van der Waals surface area contributed by atoms with E-state index in [9.17, 15) is 0 Å². The lowest BCUT2D eigenvalue weighted by Crippen LogP contribution is -2.22. The molecule has 1 heterocycles. The Morgan fingerprint density at radius 1 is 0.400 bits per heavy atom. The minimum atomic E-state index is 0.494. The highest BCUT2D eigenvalue weighted by Crippen LogP contribution is 2.37. The highest BCUT2D eigenvalue weighted by atomic mass is 15.0. The molecule has 2 unspecified atom stereocenters. The van der Waals surface area contributed by atoms with Crippen molar-refractivity contribution in [2.75, 3.05) is 0 Å². The quantitative estimate of drug-likeness (QED) is 0.0488. The highest BCUT2D eigenvalue weighted by molar-refractivity contribution is 6.18. The molecular formula is C48H85N2+. The monoisotopic (exact) mass is 690 g/mol. The molecule has 0 fully saturated rings. The van der Waals surface area contributed by atoms with Crippen molar-refractivity contribution in [1.82, 2.24) is 0 Å². The van der Waals surface area contributed by atoms with E-state index in [1.54, 1.807) is 0 Å². The number of benzene rings is 1. The van der Waals surface area contributed by atoms with Crippen LogP contribution in [0.15, 0.2) is 40.3 Å². The lowest BCUT2D eigenvalue weighted by Gasteiger charge is -2.26. The Labute approximate surface area is 314 Å². The molecule has 50 heavy (non-hydrogen) atoms. The molecule has 2 rings (SSSR count). The molecule has 0 amide bonds. The summed E-state index contributed by atoms with van der Waals surface area (Å²) >= 11 is 0. The summed E-state index contributed by atoms with van der Waals surface area (Å²) < 4.78 is 0. The lowest BCUT2D eigenvalue weighted by atomic mass is 9.78. The molecule has 1 aliphatic rings. The van der Waals surface area contributed by atoms with Gasteiger partial charge in [-0.25, -0.2) is 0 Å². The van der Waals surface area contributed by atoms with E-state index in [-0.39, 0.29) is 0 Å². The predicted octanol–water partition coefficient (Wildman–Crippen LogP) is 16.4. The van der Waals surface area contributed by atoms with Gasteiger partial charge in [-0.2, -0.15) is 0 Å². The van der Waals surface area contributed by atoms with Crippen LogP contribution in [0.3, 0.4) is 0 Å². The van der Waals surface area contributed by atoms with Gasteiger partial charge in [0.15, 0.2) is 12.4 Å². The normalized spacial score (nSPS) is 13.8. The van der Waals surface area contributed by atoms with Gasteiger partial charge < -0.3 is 0 Å². The largest absolute Gasteiger partial charge is 0.244 e. The number of hydrogen-bond acceptors (Lipinski definition) is 2. The molecule has 0 radical (unpaired) electrons. The van der Waals surface area contributed by atoms with Crippen molar-refractivity contribution in [3.05, 3.63) is 42.1 Å². The smallest absolute Gasteiger partial charge is 0.0965 e. The topological polar surface area (TPSA) is 24.7 Å². The van der Waals surface area contributed by atoms with Crippen LogP contribution < -0.4 is 0 Å². The molecule has 0 bridgehead atoms. The van der Waals surface area contributed by atoms with E-state index in [4.69, 9.17) is 9.98 Å². The maximum absolute atomic E-state index is 4.78. The van der Waals surface area contributed by atoms with Crippen LogP contribution in [0.25, 0.3) is 0 Å². The molecule has 0 spiro atoms. The van der Waals surface area contributed by atoms with Crippen molar-refractivity contribution in [3.8, 4) is 0 Å². The standard InChI is InChI=1S/C48H85N2/c1-3-5-7-9-11-13-15-17-19-20-22-23-25-27-29-31-36-40-46(44-45-38-34-33-35-39-45)47(48-49-42-43-50-48)41-37-32-30-28-26-24-21-18-16-14-12-10-8-6-4-2/h33-35,38-39,42-43,46-47H,3-32,36-37,40-41,44H2,1-2H3/q+1. The zero-order valence-electron chi connectivity index (χ0n) is 33.8. The second-order valence-corrected chi connectivity index (χ2v) is 16.2. The van der Waals surface area contributed by atoms with Crippen molar-refractivity contribution >= 4 is 12.4 Å². The molecule has 0 saturated carbocycles. The molecule has 0 aromatic heterocycles. The van der Waals surface area contributed by atoms with Gasteiger partial charge in [0.25, 0.3) is 0 Å².